The molecule has 5 heteroatoms. The fourth-order valence-corrected chi connectivity index (χ4v) is 4.97. The van der Waals surface area contributed by atoms with Crippen molar-refractivity contribution in [1.29, 1.82) is 0 Å². The van der Waals surface area contributed by atoms with E-state index in [1.165, 1.54) is 29.7 Å². The highest BCUT2D eigenvalue weighted by Crippen LogP contribution is 2.48. The van der Waals surface area contributed by atoms with Gasteiger partial charge in [-0.2, -0.15) is 0 Å². The van der Waals surface area contributed by atoms with Crippen molar-refractivity contribution in [3.63, 3.8) is 0 Å². The molecule has 2 heterocycles. The molecular formula is C21H23NO3S. The summed E-state index contributed by atoms with van der Waals surface area (Å²) in [6.07, 6.45) is 6.67. The first-order valence-electron chi connectivity index (χ1n) is 9.14. The van der Waals surface area contributed by atoms with Crippen LogP contribution in [0.1, 0.15) is 57.8 Å². The zero-order valence-electron chi connectivity index (χ0n) is 15.4. The number of aromatic nitrogens is 1. The Kier molecular flexibility index (Phi) is 4.35. The molecular weight excluding hydrogens is 346 g/mol. The molecule has 0 bridgehead atoms. The molecule has 0 aliphatic heterocycles. The zero-order chi connectivity index (χ0) is 18.3. The van der Waals surface area contributed by atoms with Crippen LogP contribution in [0.5, 0.6) is 0 Å². The SMILES string of the molecule is CCOC(=O)c1c(C)oc2ccc(CC3(c4cnc(C)s4)CCC3)cc12. The highest BCUT2D eigenvalue weighted by Gasteiger charge is 2.40. The highest BCUT2D eigenvalue weighted by atomic mass is 32.1. The van der Waals surface area contributed by atoms with Crippen molar-refractivity contribution in [1.82, 2.24) is 4.98 Å². The number of carbonyl (C=O) groups is 1. The summed E-state index contributed by atoms with van der Waals surface area (Å²) in [5.74, 6) is 0.310. The second-order valence-electron chi connectivity index (χ2n) is 7.14. The second-order valence-corrected chi connectivity index (χ2v) is 8.37. The van der Waals surface area contributed by atoms with E-state index in [0.717, 1.165) is 22.4 Å². The van der Waals surface area contributed by atoms with E-state index in [0.29, 0.717) is 17.9 Å². The van der Waals surface area contributed by atoms with Crippen LogP contribution in [0.25, 0.3) is 11.0 Å². The van der Waals surface area contributed by atoms with Gasteiger partial charge in [0.1, 0.15) is 16.9 Å². The van der Waals surface area contributed by atoms with Crippen molar-refractivity contribution >= 4 is 28.3 Å². The normalized spacial score (nSPS) is 15.8. The van der Waals surface area contributed by atoms with Crippen molar-refractivity contribution in [3.8, 4) is 0 Å². The van der Waals surface area contributed by atoms with Gasteiger partial charge in [-0.3, -0.25) is 0 Å². The Morgan fingerprint density at radius 1 is 1.35 bits per heavy atom. The molecule has 136 valence electrons. The summed E-state index contributed by atoms with van der Waals surface area (Å²) >= 11 is 1.81. The number of esters is 1. The first-order chi connectivity index (χ1) is 12.5. The summed E-state index contributed by atoms with van der Waals surface area (Å²) in [5.41, 5.74) is 2.72. The monoisotopic (exact) mass is 369 g/mol. The number of rotatable bonds is 5. The topological polar surface area (TPSA) is 52.3 Å². The molecule has 4 rings (SSSR count). The van der Waals surface area contributed by atoms with E-state index in [4.69, 9.17) is 9.15 Å². The van der Waals surface area contributed by atoms with Gasteiger partial charge in [-0.15, -0.1) is 11.3 Å². The highest BCUT2D eigenvalue weighted by molar-refractivity contribution is 7.11. The van der Waals surface area contributed by atoms with Crippen molar-refractivity contribution in [2.75, 3.05) is 6.61 Å². The van der Waals surface area contributed by atoms with E-state index in [1.807, 2.05) is 37.4 Å². The molecule has 0 spiro atoms. The molecule has 0 amide bonds. The quantitative estimate of drug-likeness (QED) is 0.569. The predicted molar refractivity (Wildman–Crippen MR) is 103 cm³/mol. The van der Waals surface area contributed by atoms with Gasteiger partial charge in [0.05, 0.1) is 11.6 Å². The van der Waals surface area contributed by atoms with Crippen molar-refractivity contribution in [3.05, 3.63) is 51.2 Å². The van der Waals surface area contributed by atoms with Crippen LogP contribution in [0, 0.1) is 13.8 Å². The minimum Gasteiger partial charge on any atom is -0.462 e. The number of thiazole rings is 1. The minimum atomic E-state index is -0.308. The van der Waals surface area contributed by atoms with Crippen molar-refractivity contribution < 1.29 is 13.9 Å². The molecule has 1 aliphatic rings. The van der Waals surface area contributed by atoms with Crippen molar-refractivity contribution in [2.45, 2.75) is 51.9 Å². The second kappa shape index (κ2) is 6.54. The summed E-state index contributed by atoms with van der Waals surface area (Å²) in [4.78, 5) is 18.2. The maximum Gasteiger partial charge on any atom is 0.342 e. The van der Waals surface area contributed by atoms with E-state index >= 15 is 0 Å². The molecule has 1 aliphatic carbocycles. The van der Waals surface area contributed by atoms with Crippen LogP contribution in [0.4, 0.5) is 0 Å². The molecule has 2 aromatic heterocycles. The third-order valence-corrected chi connectivity index (χ3v) is 6.56. The number of hydrogen-bond donors (Lipinski definition) is 0. The van der Waals surface area contributed by atoms with Gasteiger partial charge in [-0.05, 0) is 57.7 Å². The van der Waals surface area contributed by atoms with Gasteiger partial charge in [0, 0.05) is 21.9 Å². The lowest BCUT2D eigenvalue weighted by Gasteiger charge is -2.41. The fraction of sp³-hybridized carbons (Fsp3) is 0.429. The molecule has 4 nitrogen and oxygen atoms in total. The van der Waals surface area contributed by atoms with Gasteiger partial charge in [-0.1, -0.05) is 12.5 Å². The van der Waals surface area contributed by atoms with Crippen LogP contribution >= 0.6 is 11.3 Å². The van der Waals surface area contributed by atoms with Gasteiger partial charge < -0.3 is 9.15 Å². The molecule has 0 unspecified atom stereocenters. The molecule has 1 fully saturated rings. The molecule has 0 N–H and O–H groups in total. The summed E-state index contributed by atoms with van der Waals surface area (Å²) in [5, 5.41) is 1.98. The van der Waals surface area contributed by atoms with Crippen LogP contribution in [0.2, 0.25) is 0 Å². The number of nitrogens with zero attached hydrogens (tertiary/aromatic N) is 1. The Labute approximate surface area is 157 Å². The average molecular weight is 369 g/mol. The molecule has 0 saturated heterocycles. The smallest absolute Gasteiger partial charge is 0.342 e. The number of ether oxygens (including phenoxy) is 1. The van der Waals surface area contributed by atoms with Crippen molar-refractivity contribution in [2.24, 2.45) is 0 Å². The minimum absolute atomic E-state index is 0.197. The van der Waals surface area contributed by atoms with E-state index in [2.05, 4.69) is 24.0 Å². The lowest BCUT2D eigenvalue weighted by Crippen LogP contribution is -2.35. The lowest BCUT2D eigenvalue weighted by molar-refractivity contribution is 0.0526. The standard InChI is InChI=1S/C21H23NO3S/c1-4-24-20(23)19-13(2)25-17-7-6-15(10-16(17)19)11-21(8-5-9-21)18-12-22-14(3)26-18/h6-7,10,12H,4-5,8-9,11H2,1-3H3. The van der Waals surface area contributed by atoms with Crippen LogP contribution in [0.15, 0.2) is 28.8 Å². The van der Waals surface area contributed by atoms with Gasteiger partial charge in [-0.25, -0.2) is 9.78 Å². The molecule has 3 aromatic rings. The predicted octanol–water partition coefficient (Wildman–Crippen LogP) is 5.35. The zero-order valence-corrected chi connectivity index (χ0v) is 16.2. The van der Waals surface area contributed by atoms with Crippen LogP contribution < -0.4 is 0 Å². The van der Waals surface area contributed by atoms with E-state index in [9.17, 15) is 4.79 Å². The number of aryl methyl sites for hydroxylation is 2. The Morgan fingerprint density at radius 2 is 2.15 bits per heavy atom. The average Bonchev–Trinajstić information content (AvgIpc) is 3.13. The Hall–Kier alpha value is -2.14. The van der Waals surface area contributed by atoms with E-state index < -0.39 is 0 Å². The largest absolute Gasteiger partial charge is 0.462 e. The maximum absolute atomic E-state index is 12.3. The molecule has 1 aromatic carbocycles. The Morgan fingerprint density at radius 3 is 2.77 bits per heavy atom. The summed E-state index contributed by atoms with van der Waals surface area (Å²) < 4.78 is 11.0. The first kappa shape index (κ1) is 17.3. The summed E-state index contributed by atoms with van der Waals surface area (Å²) in [6, 6.07) is 6.20. The molecule has 26 heavy (non-hydrogen) atoms. The molecule has 0 radical (unpaired) electrons. The molecule has 1 saturated carbocycles. The number of benzene rings is 1. The maximum atomic E-state index is 12.3. The van der Waals surface area contributed by atoms with Gasteiger partial charge in [0.2, 0.25) is 0 Å². The Bertz CT molecular complexity index is 965. The summed E-state index contributed by atoms with van der Waals surface area (Å²) in [6.45, 7) is 6.06. The fourth-order valence-electron chi connectivity index (χ4n) is 3.95. The third-order valence-electron chi connectivity index (χ3n) is 5.41. The Balaban J connectivity index is 1.71. The molecule has 0 atom stereocenters. The van der Waals surface area contributed by atoms with E-state index in [1.54, 1.807) is 0 Å². The van der Waals surface area contributed by atoms with Gasteiger partial charge >= 0.3 is 5.97 Å². The number of furan rings is 1. The lowest BCUT2D eigenvalue weighted by atomic mass is 9.64. The van der Waals surface area contributed by atoms with Crippen LogP contribution in [0.3, 0.4) is 0 Å². The third kappa shape index (κ3) is 2.84. The van der Waals surface area contributed by atoms with E-state index in [-0.39, 0.29) is 11.4 Å². The van der Waals surface area contributed by atoms with Gasteiger partial charge in [0.25, 0.3) is 0 Å². The first-order valence-corrected chi connectivity index (χ1v) is 9.96. The van der Waals surface area contributed by atoms with Crippen LogP contribution in [-0.2, 0) is 16.6 Å². The number of carbonyl (C=O) groups excluding carboxylic acids is 1. The number of fused-ring (bicyclic) bond motifs is 1. The van der Waals surface area contributed by atoms with Crippen LogP contribution in [-0.4, -0.2) is 17.6 Å². The number of hydrogen-bond acceptors (Lipinski definition) is 5. The van der Waals surface area contributed by atoms with Gasteiger partial charge in [0.15, 0.2) is 0 Å². The summed E-state index contributed by atoms with van der Waals surface area (Å²) in [7, 11) is 0.